The predicted octanol–water partition coefficient (Wildman–Crippen LogP) is 2.11. The third-order valence-electron chi connectivity index (χ3n) is 2.14. The van der Waals surface area contributed by atoms with Gasteiger partial charge in [-0.25, -0.2) is 0 Å². The number of hydrogen-bond donors (Lipinski definition) is 2. The second-order valence-corrected chi connectivity index (χ2v) is 3.78. The molecule has 0 saturated heterocycles. The number of aromatic hydroxyl groups is 1. The van der Waals surface area contributed by atoms with Crippen LogP contribution < -0.4 is 5.32 Å². The first kappa shape index (κ1) is 13.2. The Morgan fingerprint density at radius 3 is 2.82 bits per heavy atom. The fourth-order valence-corrected chi connectivity index (χ4v) is 1.27. The van der Waals surface area contributed by atoms with Gasteiger partial charge in [0.15, 0.2) is 5.69 Å². The Hall–Kier alpha value is -1.82. The fraction of sp³-hybridized carbons (Fsp3) is 0.300. The average Bonchev–Trinajstić information content (AvgIpc) is 2.30. The van der Waals surface area contributed by atoms with Crippen molar-refractivity contribution in [2.24, 2.45) is 5.92 Å². The van der Waals surface area contributed by atoms with Gasteiger partial charge < -0.3 is 10.4 Å². The summed E-state index contributed by atoms with van der Waals surface area (Å²) in [4.78, 5) is 21.6. The Bertz CT molecular complexity index is 450. The van der Waals surface area contributed by atoms with Crippen molar-refractivity contribution in [1.29, 1.82) is 0 Å². The summed E-state index contributed by atoms with van der Waals surface area (Å²) in [5.74, 6) is -1.25. The number of alkyl halides is 1. The topological polar surface area (TPSA) is 92.5 Å². The first-order valence-corrected chi connectivity index (χ1v) is 5.34. The van der Waals surface area contributed by atoms with Crippen LogP contribution in [0.15, 0.2) is 18.2 Å². The van der Waals surface area contributed by atoms with Gasteiger partial charge in [0.25, 0.3) is 5.69 Å². The Morgan fingerprint density at radius 1 is 1.65 bits per heavy atom. The molecule has 17 heavy (non-hydrogen) atoms. The zero-order valence-electron chi connectivity index (χ0n) is 9.01. The minimum absolute atomic E-state index is 0.0905. The Balaban J connectivity index is 3.05. The van der Waals surface area contributed by atoms with Crippen LogP contribution in [0.5, 0.6) is 5.75 Å². The van der Waals surface area contributed by atoms with Gasteiger partial charge in [0, 0.05) is 17.9 Å². The molecule has 1 rings (SSSR count). The Labute approximate surface area is 102 Å². The summed E-state index contributed by atoms with van der Waals surface area (Å²) in [6.45, 7) is 1.58. The SMILES string of the molecule is CC(CCl)C(=O)Nc1c(O)cccc1[N+](=O)[O-]. The van der Waals surface area contributed by atoms with Crippen LogP contribution in [0.3, 0.4) is 0 Å². The van der Waals surface area contributed by atoms with Crippen LogP contribution in [0.1, 0.15) is 6.92 Å². The molecule has 1 unspecified atom stereocenters. The van der Waals surface area contributed by atoms with Gasteiger partial charge in [0.2, 0.25) is 5.91 Å². The molecule has 0 aromatic heterocycles. The molecule has 1 atom stereocenters. The lowest BCUT2D eigenvalue weighted by Crippen LogP contribution is -2.22. The number of hydrogen-bond acceptors (Lipinski definition) is 4. The van der Waals surface area contributed by atoms with Crippen molar-refractivity contribution in [3.8, 4) is 5.75 Å². The van der Waals surface area contributed by atoms with Gasteiger partial charge in [-0.3, -0.25) is 14.9 Å². The van der Waals surface area contributed by atoms with Crippen molar-refractivity contribution in [2.75, 3.05) is 11.2 Å². The zero-order valence-corrected chi connectivity index (χ0v) is 9.77. The largest absolute Gasteiger partial charge is 0.505 e. The normalized spacial score (nSPS) is 11.9. The van der Waals surface area contributed by atoms with E-state index in [1.54, 1.807) is 6.92 Å². The number of carbonyl (C=O) groups excluding carboxylic acids is 1. The van der Waals surface area contributed by atoms with E-state index in [0.29, 0.717) is 0 Å². The molecule has 0 aliphatic rings. The molecule has 1 amide bonds. The number of nitrogens with zero attached hydrogens (tertiary/aromatic N) is 1. The van der Waals surface area contributed by atoms with E-state index in [1.165, 1.54) is 18.2 Å². The maximum absolute atomic E-state index is 11.5. The van der Waals surface area contributed by atoms with Crippen LogP contribution in [0.2, 0.25) is 0 Å². The molecule has 0 bridgehead atoms. The van der Waals surface area contributed by atoms with Gasteiger partial charge in [0.1, 0.15) is 5.75 Å². The second-order valence-electron chi connectivity index (χ2n) is 3.47. The summed E-state index contributed by atoms with van der Waals surface area (Å²) in [5, 5.41) is 22.5. The molecule has 0 spiro atoms. The number of halogens is 1. The number of anilines is 1. The molecular formula is C10H11ClN2O4. The molecule has 1 aromatic rings. The van der Waals surface area contributed by atoms with E-state index in [4.69, 9.17) is 11.6 Å². The maximum atomic E-state index is 11.5. The van der Waals surface area contributed by atoms with Gasteiger partial charge in [-0.1, -0.05) is 13.0 Å². The van der Waals surface area contributed by atoms with E-state index < -0.39 is 16.7 Å². The van der Waals surface area contributed by atoms with Crippen LogP contribution in [-0.2, 0) is 4.79 Å². The Kier molecular flexibility index (Phi) is 4.28. The lowest BCUT2D eigenvalue weighted by molar-refractivity contribution is -0.384. The molecule has 2 N–H and O–H groups in total. The van der Waals surface area contributed by atoms with E-state index in [-0.39, 0.29) is 23.0 Å². The maximum Gasteiger partial charge on any atom is 0.296 e. The smallest absolute Gasteiger partial charge is 0.296 e. The van der Waals surface area contributed by atoms with Crippen LogP contribution in [0.4, 0.5) is 11.4 Å². The lowest BCUT2D eigenvalue weighted by atomic mass is 10.2. The van der Waals surface area contributed by atoms with Gasteiger partial charge in [-0.05, 0) is 6.07 Å². The molecule has 1 aromatic carbocycles. The predicted molar refractivity (Wildman–Crippen MR) is 63.3 cm³/mol. The van der Waals surface area contributed by atoms with Crippen molar-refractivity contribution in [3.63, 3.8) is 0 Å². The number of nitrogens with one attached hydrogen (secondary N) is 1. The van der Waals surface area contributed by atoms with Crippen molar-refractivity contribution in [3.05, 3.63) is 28.3 Å². The fourth-order valence-electron chi connectivity index (χ4n) is 1.12. The number of phenolic OH excluding ortho intramolecular Hbond substituents is 1. The van der Waals surface area contributed by atoms with Crippen molar-refractivity contribution in [2.45, 2.75) is 6.92 Å². The van der Waals surface area contributed by atoms with E-state index in [9.17, 15) is 20.0 Å². The highest BCUT2D eigenvalue weighted by molar-refractivity contribution is 6.19. The summed E-state index contributed by atoms with van der Waals surface area (Å²) >= 11 is 5.50. The molecule has 0 heterocycles. The number of nitro benzene ring substituents is 1. The van der Waals surface area contributed by atoms with E-state index in [1.807, 2.05) is 0 Å². The highest BCUT2D eigenvalue weighted by Crippen LogP contribution is 2.33. The molecule has 0 saturated carbocycles. The molecule has 0 aliphatic heterocycles. The third kappa shape index (κ3) is 3.07. The number of benzene rings is 1. The van der Waals surface area contributed by atoms with Gasteiger partial charge in [-0.2, -0.15) is 0 Å². The van der Waals surface area contributed by atoms with Crippen molar-refractivity contribution < 1.29 is 14.8 Å². The molecule has 7 heteroatoms. The minimum atomic E-state index is -0.680. The highest BCUT2D eigenvalue weighted by atomic mass is 35.5. The van der Waals surface area contributed by atoms with E-state index in [0.717, 1.165) is 0 Å². The molecule has 0 fully saturated rings. The van der Waals surface area contributed by atoms with Gasteiger partial charge >= 0.3 is 0 Å². The second kappa shape index (κ2) is 5.49. The average molecular weight is 259 g/mol. The summed E-state index contributed by atoms with van der Waals surface area (Å²) in [6, 6.07) is 3.78. The number of carbonyl (C=O) groups is 1. The zero-order chi connectivity index (χ0) is 13.0. The van der Waals surface area contributed by atoms with Crippen LogP contribution >= 0.6 is 11.6 Å². The quantitative estimate of drug-likeness (QED) is 0.374. The summed E-state index contributed by atoms with van der Waals surface area (Å²) < 4.78 is 0. The lowest BCUT2D eigenvalue weighted by Gasteiger charge is -2.10. The molecular weight excluding hydrogens is 248 g/mol. The highest BCUT2D eigenvalue weighted by Gasteiger charge is 2.21. The van der Waals surface area contributed by atoms with Crippen LogP contribution in [-0.4, -0.2) is 21.8 Å². The standard InChI is InChI=1S/C10H11ClN2O4/c1-6(5-11)10(15)12-9-7(13(16)17)3-2-4-8(9)14/h2-4,6,14H,5H2,1H3,(H,12,15). The van der Waals surface area contributed by atoms with Crippen molar-refractivity contribution >= 4 is 28.9 Å². The van der Waals surface area contributed by atoms with Crippen molar-refractivity contribution in [1.82, 2.24) is 0 Å². The first-order chi connectivity index (χ1) is 7.97. The Morgan fingerprint density at radius 2 is 2.29 bits per heavy atom. The molecule has 0 radical (unpaired) electrons. The number of phenols is 1. The van der Waals surface area contributed by atoms with E-state index >= 15 is 0 Å². The monoisotopic (exact) mass is 258 g/mol. The molecule has 92 valence electrons. The third-order valence-corrected chi connectivity index (χ3v) is 2.61. The van der Waals surface area contributed by atoms with Crippen LogP contribution in [0, 0.1) is 16.0 Å². The first-order valence-electron chi connectivity index (χ1n) is 4.80. The summed E-state index contributed by atoms with van der Waals surface area (Å²) in [6.07, 6.45) is 0. The molecule has 6 nitrogen and oxygen atoms in total. The van der Waals surface area contributed by atoms with Gasteiger partial charge in [0.05, 0.1) is 4.92 Å². The number of nitro groups is 1. The summed E-state index contributed by atoms with van der Waals surface area (Å²) in [5.41, 5.74) is -0.570. The number of rotatable bonds is 4. The number of para-hydroxylation sites is 1. The van der Waals surface area contributed by atoms with Crippen LogP contribution in [0.25, 0.3) is 0 Å². The van der Waals surface area contributed by atoms with Gasteiger partial charge in [-0.15, -0.1) is 11.6 Å². The summed E-state index contributed by atoms with van der Waals surface area (Å²) in [7, 11) is 0. The van der Waals surface area contributed by atoms with E-state index in [2.05, 4.69) is 5.32 Å². The number of amides is 1. The molecule has 0 aliphatic carbocycles. The minimum Gasteiger partial charge on any atom is -0.505 e.